The highest BCUT2D eigenvalue weighted by molar-refractivity contribution is 7.16. The number of hydrogen-bond acceptors (Lipinski definition) is 4. The molecule has 0 aliphatic carbocycles. The van der Waals surface area contributed by atoms with Gasteiger partial charge in [0.1, 0.15) is 6.04 Å². The predicted molar refractivity (Wildman–Crippen MR) is 68.7 cm³/mol. The molecule has 0 radical (unpaired) electrons. The predicted octanol–water partition coefficient (Wildman–Crippen LogP) is 1.05. The highest BCUT2D eigenvalue weighted by Crippen LogP contribution is 2.21. The molecule has 2 rings (SSSR count). The summed E-state index contributed by atoms with van der Waals surface area (Å²) in [5.41, 5.74) is 0. The molecule has 4 nitrogen and oxygen atoms in total. The van der Waals surface area contributed by atoms with E-state index in [1.165, 1.54) is 4.88 Å². The molecule has 1 unspecified atom stereocenters. The van der Waals surface area contributed by atoms with Crippen LogP contribution in [0.5, 0.6) is 0 Å². The Morgan fingerprint density at radius 3 is 3.18 bits per heavy atom. The van der Waals surface area contributed by atoms with Crippen molar-refractivity contribution in [2.75, 3.05) is 26.3 Å². The summed E-state index contributed by atoms with van der Waals surface area (Å²) in [6.07, 6.45) is 0.816. The normalized spacial score (nSPS) is 20.2. The van der Waals surface area contributed by atoms with Crippen LogP contribution in [0, 0.1) is 0 Å². The van der Waals surface area contributed by atoms with Crippen molar-refractivity contribution in [1.29, 1.82) is 0 Å². The van der Waals surface area contributed by atoms with Crippen molar-refractivity contribution in [1.82, 2.24) is 10.6 Å². The fourth-order valence-electron chi connectivity index (χ4n) is 1.65. The van der Waals surface area contributed by atoms with Gasteiger partial charge in [0.05, 0.1) is 17.6 Å². The van der Waals surface area contributed by atoms with Crippen molar-refractivity contribution in [2.24, 2.45) is 0 Å². The van der Waals surface area contributed by atoms with Gasteiger partial charge in [-0.05, 0) is 18.6 Å². The molecular weight excluding hydrogens is 260 g/mol. The molecule has 1 amide bonds. The van der Waals surface area contributed by atoms with Gasteiger partial charge in [-0.15, -0.1) is 11.3 Å². The molecule has 6 heteroatoms. The standard InChI is InChI=1S/C11H15ClN2O2S/c12-10-2-1-8(17-10)3-4-14-11(15)9-7-16-6-5-13-9/h1-2,9,13H,3-7H2,(H,14,15). The monoisotopic (exact) mass is 274 g/mol. The van der Waals surface area contributed by atoms with Crippen molar-refractivity contribution in [3.8, 4) is 0 Å². The zero-order valence-electron chi connectivity index (χ0n) is 9.37. The lowest BCUT2D eigenvalue weighted by molar-refractivity contribution is -0.125. The zero-order chi connectivity index (χ0) is 12.1. The molecule has 0 aromatic carbocycles. The summed E-state index contributed by atoms with van der Waals surface area (Å²) in [6, 6.07) is 3.65. The number of amides is 1. The number of carbonyl (C=O) groups is 1. The minimum absolute atomic E-state index is 0.00681. The summed E-state index contributed by atoms with van der Waals surface area (Å²) in [5.74, 6) is 0.00681. The van der Waals surface area contributed by atoms with Crippen LogP contribution in [0.4, 0.5) is 0 Å². The lowest BCUT2D eigenvalue weighted by Crippen LogP contribution is -2.51. The first kappa shape index (κ1) is 12.8. The molecule has 17 heavy (non-hydrogen) atoms. The van der Waals surface area contributed by atoms with Gasteiger partial charge in [-0.1, -0.05) is 11.6 Å². The zero-order valence-corrected chi connectivity index (χ0v) is 10.9. The van der Waals surface area contributed by atoms with Crippen molar-refractivity contribution in [3.05, 3.63) is 21.3 Å². The number of thiophene rings is 1. The summed E-state index contributed by atoms with van der Waals surface area (Å²) in [7, 11) is 0. The van der Waals surface area contributed by atoms with Gasteiger partial charge in [-0.2, -0.15) is 0 Å². The topological polar surface area (TPSA) is 50.4 Å². The molecule has 1 aromatic rings. The van der Waals surface area contributed by atoms with Crippen LogP contribution in [0.2, 0.25) is 4.34 Å². The van der Waals surface area contributed by atoms with E-state index in [2.05, 4.69) is 10.6 Å². The van der Waals surface area contributed by atoms with Gasteiger partial charge in [0.2, 0.25) is 5.91 Å². The highest BCUT2D eigenvalue weighted by Gasteiger charge is 2.20. The Kier molecular flexibility index (Phi) is 4.79. The third kappa shape index (κ3) is 3.96. The third-order valence-electron chi connectivity index (χ3n) is 2.54. The number of ether oxygens (including phenoxy) is 1. The van der Waals surface area contributed by atoms with Gasteiger partial charge in [0.15, 0.2) is 0 Å². The van der Waals surface area contributed by atoms with E-state index in [0.29, 0.717) is 19.8 Å². The molecule has 1 aliphatic rings. The molecule has 0 spiro atoms. The third-order valence-corrected chi connectivity index (χ3v) is 3.83. The summed E-state index contributed by atoms with van der Waals surface area (Å²) in [4.78, 5) is 12.9. The molecule has 1 fully saturated rings. The lowest BCUT2D eigenvalue weighted by atomic mass is 10.2. The molecular formula is C11H15ClN2O2S. The summed E-state index contributed by atoms with van der Waals surface area (Å²) in [5, 5.41) is 6.01. The Morgan fingerprint density at radius 1 is 1.65 bits per heavy atom. The van der Waals surface area contributed by atoms with E-state index < -0.39 is 0 Å². The minimum atomic E-state index is -0.212. The fourth-order valence-corrected chi connectivity index (χ4v) is 2.74. The second-order valence-electron chi connectivity index (χ2n) is 3.83. The number of morpholine rings is 1. The minimum Gasteiger partial charge on any atom is -0.378 e. The molecule has 1 saturated heterocycles. The van der Waals surface area contributed by atoms with Crippen LogP contribution >= 0.6 is 22.9 Å². The summed E-state index contributed by atoms with van der Waals surface area (Å²) < 4.78 is 6.02. The van der Waals surface area contributed by atoms with Gasteiger partial charge in [-0.25, -0.2) is 0 Å². The van der Waals surface area contributed by atoms with Crippen molar-refractivity contribution >= 4 is 28.8 Å². The van der Waals surface area contributed by atoms with E-state index in [4.69, 9.17) is 16.3 Å². The number of nitrogens with one attached hydrogen (secondary N) is 2. The smallest absolute Gasteiger partial charge is 0.239 e. The molecule has 94 valence electrons. The maximum atomic E-state index is 11.7. The van der Waals surface area contributed by atoms with Crippen LogP contribution in [0.25, 0.3) is 0 Å². The van der Waals surface area contributed by atoms with E-state index in [0.717, 1.165) is 17.3 Å². The van der Waals surface area contributed by atoms with Crippen molar-refractivity contribution in [3.63, 3.8) is 0 Å². The molecule has 1 aromatic heterocycles. The first-order valence-corrected chi connectivity index (χ1v) is 6.78. The Balaban J connectivity index is 1.69. The molecule has 0 bridgehead atoms. The van der Waals surface area contributed by atoms with Gasteiger partial charge in [0, 0.05) is 18.0 Å². The van der Waals surface area contributed by atoms with E-state index in [-0.39, 0.29) is 11.9 Å². The van der Waals surface area contributed by atoms with E-state index >= 15 is 0 Å². The molecule has 0 saturated carbocycles. The van der Waals surface area contributed by atoms with Crippen molar-refractivity contribution < 1.29 is 9.53 Å². The summed E-state index contributed by atoms with van der Waals surface area (Å²) in [6.45, 7) is 2.50. The highest BCUT2D eigenvalue weighted by atomic mass is 35.5. The molecule has 2 heterocycles. The fraction of sp³-hybridized carbons (Fsp3) is 0.545. The van der Waals surface area contributed by atoms with Gasteiger partial charge >= 0.3 is 0 Å². The van der Waals surface area contributed by atoms with E-state index in [9.17, 15) is 4.79 Å². The molecule has 1 aliphatic heterocycles. The first-order chi connectivity index (χ1) is 8.25. The van der Waals surface area contributed by atoms with Crippen molar-refractivity contribution in [2.45, 2.75) is 12.5 Å². The molecule has 2 N–H and O–H groups in total. The average molecular weight is 275 g/mol. The van der Waals surface area contributed by atoms with Gasteiger partial charge in [0.25, 0.3) is 0 Å². The average Bonchev–Trinajstić information content (AvgIpc) is 2.76. The van der Waals surface area contributed by atoms with Gasteiger partial charge < -0.3 is 15.4 Å². The van der Waals surface area contributed by atoms with Crippen LogP contribution < -0.4 is 10.6 Å². The SMILES string of the molecule is O=C(NCCc1ccc(Cl)s1)C1COCCN1. The van der Waals surface area contributed by atoms with Crippen LogP contribution in [0.3, 0.4) is 0 Å². The number of carbonyl (C=O) groups excluding carboxylic acids is 1. The number of rotatable bonds is 4. The Morgan fingerprint density at radius 2 is 2.53 bits per heavy atom. The largest absolute Gasteiger partial charge is 0.378 e. The Bertz CT molecular complexity index is 377. The Labute approximate surface area is 109 Å². The van der Waals surface area contributed by atoms with Gasteiger partial charge in [-0.3, -0.25) is 4.79 Å². The first-order valence-electron chi connectivity index (χ1n) is 5.59. The Hall–Kier alpha value is -0.620. The van der Waals surface area contributed by atoms with Crippen LogP contribution in [-0.2, 0) is 16.0 Å². The second kappa shape index (κ2) is 6.35. The second-order valence-corrected chi connectivity index (χ2v) is 5.63. The lowest BCUT2D eigenvalue weighted by Gasteiger charge is -2.22. The summed E-state index contributed by atoms with van der Waals surface area (Å²) >= 11 is 7.38. The maximum Gasteiger partial charge on any atom is 0.239 e. The van der Waals surface area contributed by atoms with E-state index in [1.807, 2.05) is 12.1 Å². The van der Waals surface area contributed by atoms with Crippen LogP contribution in [0.15, 0.2) is 12.1 Å². The quantitative estimate of drug-likeness (QED) is 0.863. The van der Waals surface area contributed by atoms with Crippen LogP contribution in [-0.4, -0.2) is 38.3 Å². The van der Waals surface area contributed by atoms with E-state index in [1.54, 1.807) is 11.3 Å². The van der Waals surface area contributed by atoms with Crippen LogP contribution in [0.1, 0.15) is 4.88 Å². The number of hydrogen-bond donors (Lipinski definition) is 2. The molecule has 1 atom stereocenters. The maximum absolute atomic E-state index is 11.7. The number of halogens is 1.